The molecule has 0 bridgehead atoms. The van der Waals surface area contributed by atoms with E-state index in [2.05, 4.69) is 16.0 Å². The lowest BCUT2D eigenvalue weighted by atomic mass is 9.98. The highest BCUT2D eigenvalue weighted by atomic mass is 19.1. The van der Waals surface area contributed by atoms with Gasteiger partial charge in [0.05, 0.1) is 18.3 Å². The van der Waals surface area contributed by atoms with Gasteiger partial charge in [0.1, 0.15) is 11.6 Å². The van der Waals surface area contributed by atoms with Crippen LogP contribution >= 0.6 is 0 Å². The molecule has 0 N–H and O–H groups in total. The first-order chi connectivity index (χ1) is 14.1. The number of nitrogens with zero attached hydrogens (tertiary/aromatic N) is 3. The summed E-state index contributed by atoms with van der Waals surface area (Å²) >= 11 is 0. The van der Waals surface area contributed by atoms with E-state index in [0.717, 1.165) is 29.3 Å². The van der Waals surface area contributed by atoms with Crippen LogP contribution in [0.4, 0.5) is 8.78 Å². The van der Waals surface area contributed by atoms with Crippen LogP contribution in [0.5, 0.6) is 0 Å². The second kappa shape index (κ2) is 6.74. The first kappa shape index (κ1) is 17.4. The number of rotatable bonds is 3. The fourth-order valence-electron chi connectivity index (χ4n) is 3.68. The van der Waals surface area contributed by atoms with Gasteiger partial charge in [-0.15, -0.1) is 0 Å². The van der Waals surface area contributed by atoms with Crippen LogP contribution in [0.15, 0.2) is 65.7 Å². The van der Waals surface area contributed by atoms with E-state index in [1.54, 1.807) is 18.3 Å². The van der Waals surface area contributed by atoms with E-state index in [0.29, 0.717) is 16.7 Å². The lowest BCUT2D eigenvalue weighted by Crippen LogP contribution is -2.22. The third-order valence-electron chi connectivity index (χ3n) is 5.19. The molecule has 6 heteroatoms. The fraction of sp³-hybridized carbons (Fsp3) is 0.0870. The number of hydrogen-bond acceptors (Lipinski definition) is 3. The van der Waals surface area contributed by atoms with Gasteiger partial charge in [-0.1, -0.05) is 30.4 Å². The van der Waals surface area contributed by atoms with Gasteiger partial charge >= 0.3 is 0 Å². The van der Waals surface area contributed by atoms with Crippen molar-refractivity contribution in [2.24, 2.45) is 0 Å². The van der Waals surface area contributed by atoms with Crippen molar-refractivity contribution in [1.82, 2.24) is 14.5 Å². The van der Waals surface area contributed by atoms with Crippen LogP contribution in [0.3, 0.4) is 0 Å². The molecule has 0 aliphatic heterocycles. The highest BCUT2D eigenvalue weighted by Gasteiger charge is 2.16. The van der Waals surface area contributed by atoms with Crippen molar-refractivity contribution in [3.05, 3.63) is 99.6 Å². The highest BCUT2D eigenvalue weighted by Crippen LogP contribution is 2.29. The normalized spacial score (nSPS) is 12.5. The summed E-state index contributed by atoms with van der Waals surface area (Å²) in [5, 5.41) is 0. The molecule has 2 heterocycles. The van der Waals surface area contributed by atoms with E-state index in [-0.39, 0.29) is 12.1 Å². The minimum atomic E-state index is -0.695. The van der Waals surface area contributed by atoms with Crippen molar-refractivity contribution in [3.63, 3.8) is 0 Å². The molecule has 0 amide bonds. The van der Waals surface area contributed by atoms with Gasteiger partial charge in [0, 0.05) is 11.8 Å². The quantitative estimate of drug-likeness (QED) is 0.525. The minimum Gasteiger partial charge on any atom is -0.299 e. The Morgan fingerprint density at radius 1 is 1.00 bits per heavy atom. The zero-order valence-corrected chi connectivity index (χ0v) is 15.3. The van der Waals surface area contributed by atoms with Crippen LogP contribution in [0, 0.1) is 11.6 Å². The van der Waals surface area contributed by atoms with Crippen molar-refractivity contribution in [2.75, 3.05) is 0 Å². The number of benzene rings is 2. The maximum absolute atomic E-state index is 14.9. The Hall–Kier alpha value is -3.67. The summed E-state index contributed by atoms with van der Waals surface area (Å²) in [6.45, 7) is -0.240. The Balaban J connectivity index is 1.57. The monoisotopic (exact) mass is 387 g/mol. The molecule has 4 nitrogen and oxygen atoms in total. The van der Waals surface area contributed by atoms with E-state index in [1.165, 1.54) is 16.7 Å². The van der Waals surface area contributed by atoms with Gasteiger partial charge in [-0.2, -0.15) is 0 Å². The molecule has 2 aromatic carbocycles. The summed E-state index contributed by atoms with van der Waals surface area (Å²) in [4.78, 5) is 20.3. The molecule has 5 rings (SSSR count). The molecule has 0 atom stereocenters. The van der Waals surface area contributed by atoms with Crippen molar-refractivity contribution in [3.8, 4) is 11.1 Å². The molecule has 29 heavy (non-hydrogen) atoms. The molecule has 0 saturated heterocycles. The smallest absolute Gasteiger partial charge is 0.269 e. The Bertz CT molecular complexity index is 1340. The maximum Gasteiger partial charge on any atom is 0.269 e. The number of halogens is 2. The summed E-state index contributed by atoms with van der Waals surface area (Å²) in [6.07, 6.45) is 7.57. The van der Waals surface area contributed by atoms with Gasteiger partial charge in [-0.3, -0.25) is 9.36 Å². The molecule has 0 saturated carbocycles. The molecule has 0 unspecified atom stereocenters. The average molecular weight is 387 g/mol. The molecule has 0 radical (unpaired) electrons. The fourth-order valence-corrected chi connectivity index (χ4v) is 3.68. The molecule has 0 spiro atoms. The Morgan fingerprint density at radius 3 is 2.66 bits per heavy atom. The van der Waals surface area contributed by atoms with E-state index in [4.69, 9.17) is 0 Å². The van der Waals surface area contributed by atoms with Gasteiger partial charge in [0.15, 0.2) is 5.65 Å². The highest BCUT2D eigenvalue weighted by molar-refractivity contribution is 5.71. The first-order valence-corrected chi connectivity index (χ1v) is 9.18. The van der Waals surface area contributed by atoms with Crippen molar-refractivity contribution >= 4 is 17.2 Å². The summed E-state index contributed by atoms with van der Waals surface area (Å²) in [5.41, 5.74) is 3.64. The second-order valence-corrected chi connectivity index (χ2v) is 6.97. The SMILES string of the molecule is O=c1cnc2ncccc2n1Cc1c(F)cc(-c2ccc3c(c2)CC=C3)cc1F. The van der Waals surface area contributed by atoms with Crippen molar-refractivity contribution < 1.29 is 8.78 Å². The topological polar surface area (TPSA) is 47.8 Å². The van der Waals surface area contributed by atoms with E-state index < -0.39 is 17.2 Å². The summed E-state index contributed by atoms with van der Waals surface area (Å²) in [7, 11) is 0. The molecule has 0 fully saturated rings. The second-order valence-electron chi connectivity index (χ2n) is 6.97. The molecular formula is C23H15F2N3O. The Labute approximate surface area is 164 Å². The number of aromatic nitrogens is 3. The maximum atomic E-state index is 14.9. The lowest BCUT2D eigenvalue weighted by molar-refractivity contribution is 0.545. The number of hydrogen-bond donors (Lipinski definition) is 0. The molecule has 1 aliphatic rings. The zero-order chi connectivity index (χ0) is 20.0. The first-order valence-electron chi connectivity index (χ1n) is 9.18. The van der Waals surface area contributed by atoms with Gasteiger partial charge in [0.25, 0.3) is 5.56 Å². The van der Waals surface area contributed by atoms with Crippen molar-refractivity contribution in [1.29, 1.82) is 0 Å². The predicted molar refractivity (Wildman–Crippen MR) is 107 cm³/mol. The predicted octanol–water partition coefficient (Wildman–Crippen LogP) is 4.35. The minimum absolute atomic E-state index is 0.171. The van der Waals surface area contributed by atoms with Crippen LogP contribution in [0.1, 0.15) is 16.7 Å². The number of allylic oxidation sites excluding steroid dienone is 1. The standard InChI is InChI=1S/C23H15F2N3O/c24-19-10-17(16-7-6-14-3-1-4-15(14)9-16)11-20(25)18(19)13-28-21-5-2-8-26-23(21)27-12-22(28)29/h1-3,5-12H,4,13H2. The lowest BCUT2D eigenvalue weighted by Gasteiger charge is -2.12. The summed E-state index contributed by atoms with van der Waals surface area (Å²) in [6, 6.07) is 11.7. The van der Waals surface area contributed by atoms with E-state index in [1.807, 2.05) is 24.3 Å². The third kappa shape index (κ3) is 3.02. The van der Waals surface area contributed by atoms with Crippen molar-refractivity contribution in [2.45, 2.75) is 13.0 Å². The third-order valence-corrected chi connectivity index (χ3v) is 5.19. The number of pyridine rings is 1. The van der Waals surface area contributed by atoms with Gasteiger partial charge in [-0.05, 0) is 52.9 Å². The Kier molecular flexibility index (Phi) is 4.05. The van der Waals surface area contributed by atoms with Crippen LogP contribution < -0.4 is 5.56 Å². The largest absolute Gasteiger partial charge is 0.299 e. The number of fused-ring (bicyclic) bond motifs is 2. The van der Waals surface area contributed by atoms with Crippen LogP contribution in [0.25, 0.3) is 28.4 Å². The summed E-state index contributed by atoms with van der Waals surface area (Å²) < 4.78 is 31.1. The molecule has 2 aromatic heterocycles. The van der Waals surface area contributed by atoms with Gasteiger partial charge in [-0.25, -0.2) is 18.7 Å². The molecule has 1 aliphatic carbocycles. The zero-order valence-electron chi connectivity index (χ0n) is 15.3. The molecule has 4 aromatic rings. The van der Waals surface area contributed by atoms with Crippen LogP contribution in [-0.4, -0.2) is 14.5 Å². The van der Waals surface area contributed by atoms with E-state index in [9.17, 15) is 13.6 Å². The molecular weight excluding hydrogens is 372 g/mol. The summed E-state index contributed by atoms with van der Waals surface area (Å²) in [5.74, 6) is -1.39. The molecule has 142 valence electrons. The Morgan fingerprint density at radius 2 is 1.83 bits per heavy atom. The van der Waals surface area contributed by atoms with Gasteiger partial charge < -0.3 is 0 Å². The van der Waals surface area contributed by atoms with Crippen LogP contribution in [0.2, 0.25) is 0 Å². The van der Waals surface area contributed by atoms with E-state index >= 15 is 0 Å². The van der Waals surface area contributed by atoms with Gasteiger partial charge in [0.2, 0.25) is 0 Å². The van der Waals surface area contributed by atoms with Crippen LogP contribution in [-0.2, 0) is 13.0 Å². The average Bonchev–Trinajstić information content (AvgIpc) is 3.19.